The fourth-order valence-corrected chi connectivity index (χ4v) is 2.57. The molecule has 0 radical (unpaired) electrons. The van der Waals surface area contributed by atoms with E-state index < -0.39 is 11.9 Å². The number of rotatable bonds is 3. The summed E-state index contributed by atoms with van der Waals surface area (Å²) < 4.78 is 37.6. The average molecular weight is 311 g/mol. The molecule has 0 spiro atoms. The topological polar surface area (TPSA) is 25.8 Å². The first-order valence-electron chi connectivity index (χ1n) is 5.27. The molecule has 0 saturated carbocycles. The van der Waals surface area contributed by atoms with Crippen LogP contribution in [0.5, 0.6) is 0 Å². The largest absolute Gasteiger partial charge is 0.433 e. The lowest BCUT2D eigenvalue weighted by molar-refractivity contribution is -0.141. The Labute approximate surface area is 107 Å². The third-order valence-corrected chi connectivity index (χ3v) is 3.05. The Hall–Kier alpha value is -0.650. The van der Waals surface area contributed by atoms with Gasteiger partial charge in [0.05, 0.1) is 0 Å². The van der Waals surface area contributed by atoms with E-state index in [1.807, 2.05) is 20.8 Å². The molecule has 6 heteroatoms. The van der Waals surface area contributed by atoms with Crippen LogP contribution in [0.4, 0.5) is 13.2 Å². The fraction of sp³-hybridized carbons (Fsp3) is 0.636. The van der Waals surface area contributed by atoms with E-state index in [9.17, 15) is 13.2 Å². The van der Waals surface area contributed by atoms with Crippen LogP contribution < -0.4 is 0 Å². The third kappa shape index (κ3) is 3.66. The van der Waals surface area contributed by atoms with Crippen molar-refractivity contribution in [3.8, 4) is 0 Å². The molecule has 0 aromatic carbocycles. The summed E-state index contributed by atoms with van der Waals surface area (Å²) in [6.07, 6.45) is -3.26. The highest BCUT2D eigenvalue weighted by atomic mass is 79.9. The highest BCUT2D eigenvalue weighted by molar-refractivity contribution is 9.09. The Balaban J connectivity index is 3.14. The fourth-order valence-electron chi connectivity index (χ4n) is 1.73. The summed E-state index contributed by atoms with van der Waals surface area (Å²) >= 11 is 3.39. The van der Waals surface area contributed by atoms with E-state index in [-0.39, 0.29) is 22.5 Å². The maximum absolute atomic E-state index is 12.5. The predicted octanol–water partition coefficient (Wildman–Crippen LogP) is 4.02. The van der Waals surface area contributed by atoms with E-state index >= 15 is 0 Å². The molecule has 17 heavy (non-hydrogen) atoms. The van der Waals surface area contributed by atoms with Crippen LogP contribution in [0.25, 0.3) is 0 Å². The number of halogens is 4. The molecule has 0 aliphatic heterocycles. The van der Waals surface area contributed by atoms with Crippen molar-refractivity contribution in [3.05, 3.63) is 23.8 Å². The van der Waals surface area contributed by atoms with Crippen LogP contribution in [0.2, 0.25) is 0 Å². The van der Waals surface area contributed by atoms with Crippen molar-refractivity contribution in [2.45, 2.75) is 37.7 Å². The maximum Gasteiger partial charge on any atom is 0.433 e. The van der Waals surface area contributed by atoms with Crippen molar-refractivity contribution >= 4 is 15.9 Å². The molecule has 0 saturated heterocycles. The zero-order valence-corrected chi connectivity index (χ0v) is 11.4. The van der Waals surface area contributed by atoms with Crippen molar-refractivity contribution in [2.75, 3.05) is 0 Å². The van der Waals surface area contributed by atoms with E-state index in [0.29, 0.717) is 0 Å². The smallest absolute Gasteiger partial charge is 0.241 e. The van der Waals surface area contributed by atoms with Gasteiger partial charge in [0.1, 0.15) is 11.5 Å². The summed E-state index contributed by atoms with van der Waals surface area (Å²) in [6, 6.07) is 0.889. The summed E-state index contributed by atoms with van der Waals surface area (Å²) in [7, 11) is 0. The van der Waals surface area contributed by atoms with E-state index in [4.69, 9.17) is 0 Å². The van der Waals surface area contributed by atoms with Crippen LogP contribution in [0.3, 0.4) is 0 Å². The number of hydrogen-bond acceptors (Lipinski definition) is 2. The van der Waals surface area contributed by atoms with Crippen molar-refractivity contribution in [3.63, 3.8) is 0 Å². The van der Waals surface area contributed by atoms with Gasteiger partial charge in [0.15, 0.2) is 0 Å². The van der Waals surface area contributed by atoms with Gasteiger partial charge >= 0.3 is 6.18 Å². The molecule has 1 heterocycles. The molecule has 2 unspecified atom stereocenters. The Bertz CT molecular complexity index is 369. The van der Waals surface area contributed by atoms with Crippen LogP contribution in [0.1, 0.15) is 38.2 Å². The van der Waals surface area contributed by atoms with Crippen molar-refractivity contribution in [1.82, 2.24) is 9.97 Å². The second-order valence-electron chi connectivity index (χ2n) is 4.25. The Morgan fingerprint density at radius 1 is 1.24 bits per heavy atom. The first kappa shape index (κ1) is 14.4. The number of aromatic nitrogens is 2. The van der Waals surface area contributed by atoms with Gasteiger partial charge in [0.2, 0.25) is 0 Å². The minimum Gasteiger partial charge on any atom is -0.241 e. The number of hydrogen-bond donors (Lipinski definition) is 0. The molecule has 0 aliphatic rings. The van der Waals surface area contributed by atoms with Gasteiger partial charge in [-0.3, -0.25) is 0 Å². The molecule has 2 atom stereocenters. The van der Waals surface area contributed by atoms with Crippen molar-refractivity contribution in [2.24, 2.45) is 5.92 Å². The second kappa shape index (κ2) is 5.33. The Morgan fingerprint density at radius 2 is 1.82 bits per heavy atom. The Kier molecular flexibility index (Phi) is 4.52. The van der Waals surface area contributed by atoms with E-state index in [1.165, 1.54) is 0 Å². The highest BCUT2D eigenvalue weighted by Gasteiger charge is 2.34. The molecule has 0 aliphatic carbocycles. The van der Waals surface area contributed by atoms with Crippen LogP contribution in [-0.2, 0) is 6.18 Å². The summed E-state index contributed by atoms with van der Waals surface area (Å²) in [5.41, 5.74) is -0.888. The van der Waals surface area contributed by atoms with Crippen LogP contribution in [0, 0.1) is 5.92 Å². The van der Waals surface area contributed by atoms with Gasteiger partial charge in [-0.05, 0) is 12.0 Å². The standard InChI is InChI=1S/C11H14BrF3N2/c1-6(2)9(7(3)12)10-16-5-4-8(17-10)11(13,14)15/h4-7,9H,1-3H3. The first-order valence-corrected chi connectivity index (χ1v) is 6.19. The zero-order valence-electron chi connectivity index (χ0n) is 9.79. The summed E-state index contributed by atoms with van der Waals surface area (Å²) in [5, 5.41) is 0. The average Bonchev–Trinajstić information content (AvgIpc) is 2.15. The van der Waals surface area contributed by atoms with Crippen LogP contribution in [-0.4, -0.2) is 14.8 Å². The minimum atomic E-state index is -4.42. The predicted molar refractivity (Wildman–Crippen MR) is 63.0 cm³/mol. The molecule has 96 valence electrons. The Morgan fingerprint density at radius 3 is 2.24 bits per heavy atom. The normalized spacial score (nSPS) is 16.0. The molecule has 1 aromatic rings. The van der Waals surface area contributed by atoms with E-state index in [0.717, 1.165) is 12.3 Å². The monoisotopic (exact) mass is 310 g/mol. The molecule has 1 rings (SSSR count). The molecular weight excluding hydrogens is 297 g/mol. The van der Waals surface area contributed by atoms with Gasteiger partial charge in [-0.15, -0.1) is 0 Å². The summed E-state index contributed by atoms with van der Waals surface area (Å²) in [6.45, 7) is 5.76. The molecule has 0 fully saturated rings. The zero-order chi connectivity index (χ0) is 13.2. The molecule has 0 N–H and O–H groups in total. The lowest BCUT2D eigenvalue weighted by atomic mass is 9.92. The molecule has 1 aromatic heterocycles. The van der Waals surface area contributed by atoms with Crippen LogP contribution >= 0.6 is 15.9 Å². The quantitative estimate of drug-likeness (QED) is 0.788. The van der Waals surface area contributed by atoms with E-state index in [2.05, 4.69) is 25.9 Å². The van der Waals surface area contributed by atoms with Gasteiger partial charge < -0.3 is 0 Å². The first-order chi connectivity index (χ1) is 7.73. The maximum atomic E-state index is 12.5. The molecule has 0 bridgehead atoms. The SMILES string of the molecule is CC(C)C(c1nccc(C(F)(F)F)n1)C(C)Br. The van der Waals surface area contributed by atoms with Gasteiger partial charge in [0.25, 0.3) is 0 Å². The second-order valence-corrected chi connectivity index (χ2v) is 5.69. The number of nitrogens with zero attached hydrogens (tertiary/aromatic N) is 2. The van der Waals surface area contributed by atoms with E-state index in [1.54, 1.807) is 0 Å². The number of alkyl halides is 4. The van der Waals surface area contributed by atoms with Gasteiger partial charge in [-0.25, -0.2) is 9.97 Å². The lowest BCUT2D eigenvalue weighted by Crippen LogP contribution is -2.20. The summed E-state index contributed by atoms with van der Waals surface area (Å²) in [4.78, 5) is 7.59. The lowest BCUT2D eigenvalue weighted by Gasteiger charge is -2.22. The molecule has 0 amide bonds. The van der Waals surface area contributed by atoms with Crippen molar-refractivity contribution in [1.29, 1.82) is 0 Å². The highest BCUT2D eigenvalue weighted by Crippen LogP contribution is 2.32. The van der Waals surface area contributed by atoms with Crippen molar-refractivity contribution < 1.29 is 13.2 Å². The molecule has 2 nitrogen and oxygen atoms in total. The third-order valence-electron chi connectivity index (χ3n) is 2.48. The minimum absolute atomic E-state index is 0.0194. The molecular formula is C11H14BrF3N2. The van der Waals surface area contributed by atoms with Gasteiger partial charge in [-0.2, -0.15) is 13.2 Å². The van der Waals surface area contributed by atoms with Gasteiger partial charge in [-0.1, -0.05) is 36.7 Å². The van der Waals surface area contributed by atoms with Gasteiger partial charge in [0, 0.05) is 16.9 Å². The summed E-state index contributed by atoms with van der Waals surface area (Å²) in [5.74, 6) is 0.254. The van der Waals surface area contributed by atoms with Crippen LogP contribution in [0.15, 0.2) is 12.3 Å².